The average molecular weight is 470 g/mol. The van der Waals surface area contributed by atoms with Gasteiger partial charge in [0, 0.05) is 13.1 Å². The minimum absolute atomic E-state index is 0.266. The van der Waals surface area contributed by atoms with Gasteiger partial charge in [0.1, 0.15) is 6.61 Å². The van der Waals surface area contributed by atoms with Gasteiger partial charge in [-0.1, -0.05) is 115 Å². The van der Waals surface area contributed by atoms with Gasteiger partial charge in [0.15, 0.2) is 0 Å². The number of hydrogen-bond acceptors (Lipinski definition) is 2. The zero-order valence-electron chi connectivity index (χ0n) is 20.1. The Bertz CT molecular complexity index is 1510. The molecule has 5 aromatic carbocycles. The van der Waals surface area contributed by atoms with Crippen LogP contribution in [0.1, 0.15) is 16.7 Å². The summed E-state index contributed by atoms with van der Waals surface area (Å²) in [6.45, 7) is 1.44. The van der Waals surface area contributed by atoms with Crippen LogP contribution in [0, 0.1) is 0 Å². The number of fused-ring (bicyclic) bond motifs is 2. The molecule has 1 aliphatic heterocycles. The molecule has 0 fully saturated rings. The molecule has 1 heterocycles. The highest BCUT2D eigenvalue weighted by Gasteiger charge is 2.29. The van der Waals surface area contributed by atoms with Crippen molar-refractivity contribution in [2.45, 2.75) is 19.6 Å². The van der Waals surface area contributed by atoms with Gasteiger partial charge in [0.2, 0.25) is 0 Å². The van der Waals surface area contributed by atoms with E-state index < -0.39 is 0 Å². The molecule has 0 saturated heterocycles. The van der Waals surface area contributed by atoms with Crippen LogP contribution in [0.4, 0.5) is 4.79 Å². The quantitative estimate of drug-likeness (QED) is 0.268. The second kappa shape index (κ2) is 9.71. The molecule has 0 radical (unpaired) electrons. The average Bonchev–Trinajstić information content (AvgIpc) is 2.95. The largest absolute Gasteiger partial charge is 0.445 e. The zero-order valence-corrected chi connectivity index (χ0v) is 20.1. The van der Waals surface area contributed by atoms with Crippen molar-refractivity contribution in [3.05, 3.63) is 132 Å². The Morgan fingerprint density at radius 2 is 1.14 bits per heavy atom. The normalized spacial score (nSPS) is 12.8. The molecule has 0 aromatic heterocycles. The van der Waals surface area contributed by atoms with Crippen molar-refractivity contribution in [3.63, 3.8) is 0 Å². The molecule has 0 N–H and O–H groups in total. The molecule has 0 atom stereocenters. The van der Waals surface area contributed by atoms with Crippen LogP contribution < -0.4 is 0 Å². The molecule has 3 nitrogen and oxygen atoms in total. The van der Waals surface area contributed by atoms with E-state index in [1.54, 1.807) is 0 Å². The van der Waals surface area contributed by atoms with E-state index in [1.807, 2.05) is 41.3 Å². The molecule has 1 amide bonds. The van der Waals surface area contributed by atoms with E-state index in [1.165, 1.54) is 44.2 Å². The summed E-state index contributed by atoms with van der Waals surface area (Å²) in [6.07, 6.45) is 0.517. The SMILES string of the molecule is O=C(OCc1ccccc1)N1CCc2c(c(-c3ccccc3)c3ccccc3c2-c2ccccc2)C1. The van der Waals surface area contributed by atoms with E-state index in [0.717, 1.165) is 12.0 Å². The standard InChI is InChI=1S/C33H27NO2/c35-33(36-23-24-12-4-1-5-13-24)34-21-20-29-30(22-34)32(26-16-8-3-9-17-26)28-19-11-10-18-27(28)31(29)25-14-6-2-7-15-25/h1-19H,20-23H2. The maximum absolute atomic E-state index is 13.2. The first kappa shape index (κ1) is 22.1. The number of amides is 1. The zero-order chi connectivity index (χ0) is 24.3. The van der Waals surface area contributed by atoms with Crippen molar-refractivity contribution >= 4 is 16.9 Å². The van der Waals surface area contributed by atoms with Crippen LogP contribution in [0.25, 0.3) is 33.0 Å². The highest BCUT2D eigenvalue weighted by molar-refractivity contribution is 6.08. The highest BCUT2D eigenvalue weighted by atomic mass is 16.6. The molecule has 0 saturated carbocycles. The van der Waals surface area contributed by atoms with Crippen molar-refractivity contribution in [1.82, 2.24) is 4.90 Å². The number of nitrogens with zero attached hydrogens (tertiary/aromatic N) is 1. The Kier molecular flexibility index (Phi) is 5.96. The first-order chi connectivity index (χ1) is 17.8. The van der Waals surface area contributed by atoms with E-state index in [0.29, 0.717) is 13.1 Å². The molecule has 36 heavy (non-hydrogen) atoms. The van der Waals surface area contributed by atoms with Crippen LogP contribution in [0.15, 0.2) is 115 Å². The summed E-state index contributed by atoms with van der Waals surface area (Å²) in [4.78, 5) is 15.0. The Hall–Kier alpha value is -4.37. The summed E-state index contributed by atoms with van der Waals surface area (Å²) < 4.78 is 5.72. The first-order valence-corrected chi connectivity index (χ1v) is 12.4. The summed E-state index contributed by atoms with van der Waals surface area (Å²) >= 11 is 0. The smallest absolute Gasteiger partial charge is 0.410 e. The van der Waals surface area contributed by atoms with Crippen LogP contribution >= 0.6 is 0 Å². The van der Waals surface area contributed by atoms with Crippen molar-refractivity contribution in [2.24, 2.45) is 0 Å². The fourth-order valence-electron chi connectivity index (χ4n) is 5.35. The lowest BCUT2D eigenvalue weighted by Gasteiger charge is -2.33. The molecule has 0 bridgehead atoms. The van der Waals surface area contributed by atoms with Crippen LogP contribution in [0.3, 0.4) is 0 Å². The maximum Gasteiger partial charge on any atom is 0.410 e. The van der Waals surface area contributed by atoms with Crippen LogP contribution in [-0.2, 0) is 24.3 Å². The fourth-order valence-corrected chi connectivity index (χ4v) is 5.35. The van der Waals surface area contributed by atoms with Gasteiger partial charge in [-0.05, 0) is 56.1 Å². The summed E-state index contributed by atoms with van der Waals surface area (Å²) in [5, 5.41) is 2.46. The minimum atomic E-state index is -0.266. The van der Waals surface area contributed by atoms with E-state index in [4.69, 9.17) is 4.74 Å². The van der Waals surface area contributed by atoms with Crippen LogP contribution in [0.5, 0.6) is 0 Å². The third-order valence-electron chi connectivity index (χ3n) is 7.00. The highest BCUT2D eigenvalue weighted by Crippen LogP contribution is 2.44. The number of rotatable bonds is 4. The molecule has 0 aliphatic carbocycles. The predicted molar refractivity (Wildman–Crippen MR) is 146 cm³/mol. The molecule has 176 valence electrons. The van der Waals surface area contributed by atoms with E-state index >= 15 is 0 Å². The van der Waals surface area contributed by atoms with Crippen molar-refractivity contribution < 1.29 is 9.53 Å². The van der Waals surface area contributed by atoms with Gasteiger partial charge in [-0.2, -0.15) is 0 Å². The second-order valence-corrected chi connectivity index (χ2v) is 9.20. The number of hydrogen-bond donors (Lipinski definition) is 0. The Morgan fingerprint density at radius 3 is 1.72 bits per heavy atom. The molecule has 0 spiro atoms. The van der Waals surface area contributed by atoms with Crippen molar-refractivity contribution in [3.8, 4) is 22.3 Å². The van der Waals surface area contributed by atoms with E-state index in [-0.39, 0.29) is 12.7 Å². The van der Waals surface area contributed by atoms with Crippen molar-refractivity contribution in [2.75, 3.05) is 6.54 Å². The summed E-state index contributed by atoms with van der Waals surface area (Å²) in [7, 11) is 0. The summed E-state index contributed by atoms with van der Waals surface area (Å²) in [5.74, 6) is 0. The van der Waals surface area contributed by atoms with Gasteiger partial charge < -0.3 is 9.64 Å². The number of ether oxygens (including phenoxy) is 1. The lowest BCUT2D eigenvalue weighted by atomic mass is 9.81. The molecular weight excluding hydrogens is 442 g/mol. The predicted octanol–water partition coefficient (Wildman–Crippen LogP) is 7.87. The van der Waals surface area contributed by atoms with Crippen LogP contribution in [-0.4, -0.2) is 17.5 Å². The molecule has 6 rings (SSSR count). The topological polar surface area (TPSA) is 29.5 Å². The first-order valence-electron chi connectivity index (χ1n) is 12.4. The Labute approximate surface area is 211 Å². The third kappa shape index (κ3) is 4.14. The monoisotopic (exact) mass is 469 g/mol. The summed E-state index contributed by atoms with van der Waals surface area (Å²) in [6, 6.07) is 39.6. The van der Waals surface area contributed by atoms with E-state index in [2.05, 4.69) is 78.9 Å². The van der Waals surface area contributed by atoms with Crippen LogP contribution in [0.2, 0.25) is 0 Å². The Morgan fingerprint density at radius 1 is 0.639 bits per heavy atom. The molecule has 0 unspecified atom stereocenters. The third-order valence-corrected chi connectivity index (χ3v) is 7.00. The van der Waals surface area contributed by atoms with Gasteiger partial charge in [0.05, 0.1) is 0 Å². The number of benzene rings is 5. The van der Waals surface area contributed by atoms with Gasteiger partial charge in [-0.3, -0.25) is 0 Å². The van der Waals surface area contributed by atoms with Gasteiger partial charge >= 0.3 is 6.09 Å². The molecule has 1 aliphatic rings. The molecular formula is C33H27NO2. The number of carbonyl (C=O) groups is 1. The lowest BCUT2D eigenvalue weighted by molar-refractivity contribution is 0.0920. The maximum atomic E-state index is 13.2. The lowest BCUT2D eigenvalue weighted by Crippen LogP contribution is -2.37. The van der Waals surface area contributed by atoms with Gasteiger partial charge in [-0.25, -0.2) is 4.79 Å². The molecule has 3 heteroatoms. The van der Waals surface area contributed by atoms with Gasteiger partial charge in [-0.15, -0.1) is 0 Å². The Balaban J connectivity index is 1.47. The number of carbonyl (C=O) groups excluding carboxylic acids is 1. The minimum Gasteiger partial charge on any atom is -0.445 e. The molecule has 5 aromatic rings. The van der Waals surface area contributed by atoms with Gasteiger partial charge in [0.25, 0.3) is 0 Å². The second-order valence-electron chi connectivity index (χ2n) is 9.20. The fraction of sp³-hybridized carbons (Fsp3) is 0.121. The van der Waals surface area contributed by atoms with Crippen molar-refractivity contribution in [1.29, 1.82) is 0 Å². The van der Waals surface area contributed by atoms with E-state index in [9.17, 15) is 4.79 Å². The summed E-state index contributed by atoms with van der Waals surface area (Å²) in [5.41, 5.74) is 8.39.